The fourth-order valence-electron chi connectivity index (χ4n) is 4.71. The van der Waals surface area contributed by atoms with Crippen LogP contribution in [-0.4, -0.2) is 78.9 Å². The number of likely N-dealkylation sites (tertiary alicyclic amines) is 1. The van der Waals surface area contributed by atoms with Gasteiger partial charge in [-0.05, 0) is 69.7 Å². The molecule has 228 valence electrons. The molecule has 0 bridgehead atoms. The van der Waals surface area contributed by atoms with Crippen LogP contribution in [0.2, 0.25) is 5.02 Å². The topological polar surface area (TPSA) is 79.3 Å². The normalized spacial score (nSPS) is 17.5. The van der Waals surface area contributed by atoms with E-state index < -0.39 is 23.3 Å². The Labute approximate surface area is 245 Å². The van der Waals surface area contributed by atoms with Crippen LogP contribution in [0.5, 0.6) is 5.75 Å². The highest BCUT2D eigenvalue weighted by Gasteiger charge is 2.62. The number of nitrogens with zero attached hydrogens (tertiary/aromatic N) is 2. The lowest BCUT2D eigenvalue weighted by Gasteiger charge is -2.39. The quantitative estimate of drug-likeness (QED) is 0.229. The number of carbonyl (C=O) groups is 2. The Hall–Kier alpha value is -2.98. The minimum absolute atomic E-state index is 0.102. The molecule has 1 fully saturated rings. The SMILES string of the molecule is C=C/C=C(\C=C(/C)OC)C(O)(C(=O)N1CCC(CCC[C@@H](C)Oc2ccc(C(=O)N(C)C)c(Cl)c2)CC1)C(F)(F)F. The van der Waals surface area contributed by atoms with Gasteiger partial charge in [0.2, 0.25) is 0 Å². The summed E-state index contributed by atoms with van der Waals surface area (Å²) in [7, 11) is 4.58. The van der Waals surface area contributed by atoms with Crippen molar-refractivity contribution in [3.8, 4) is 5.75 Å². The van der Waals surface area contributed by atoms with Gasteiger partial charge >= 0.3 is 6.18 Å². The molecule has 0 saturated carbocycles. The number of ether oxygens (including phenoxy) is 2. The van der Waals surface area contributed by atoms with Gasteiger partial charge in [-0.1, -0.05) is 36.8 Å². The maximum absolute atomic E-state index is 14.1. The molecule has 7 nitrogen and oxygen atoms in total. The van der Waals surface area contributed by atoms with Crippen LogP contribution in [0.15, 0.2) is 54.3 Å². The third-order valence-electron chi connectivity index (χ3n) is 7.15. The number of methoxy groups -OCH3 is 1. The van der Waals surface area contributed by atoms with Crippen molar-refractivity contribution in [1.29, 1.82) is 0 Å². The van der Waals surface area contributed by atoms with Crippen molar-refractivity contribution in [2.24, 2.45) is 5.92 Å². The zero-order valence-electron chi connectivity index (χ0n) is 24.3. The van der Waals surface area contributed by atoms with E-state index in [2.05, 4.69) is 6.58 Å². The maximum Gasteiger partial charge on any atom is 0.430 e. The van der Waals surface area contributed by atoms with Gasteiger partial charge in [-0.3, -0.25) is 9.59 Å². The van der Waals surface area contributed by atoms with E-state index >= 15 is 0 Å². The first-order valence-corrected chi connectivity index (χ1v) is 13.8. The van der Waals surface area contributed by atoms with E-state index in [-0.39, 0.29) is 36.8 Å². The molecule has 1 heterocycles. The average molecular weight is 601 g/mol. The summed E-state index contributed by atoms with van der Waals surface area (Å²) in [6, 6.07) is 4.95. The minimum atomic E-state index is -5.25. The molecule has 1 saturated heterocycles. The summed E-state index contributed by atoms with van der Waals surface area (Å²) in [5, 5.41) is 11.1. The number of aliphatic hydroxyl groups is 1. The number of alkyl halides is 3. The lowest BCUT2D eigenvalue weighted by atomic mass is 9.87. The maximum atomic E-state index is 14.1. The molecule has 2 amide bonds. The Kier molecular flexibility index (Phi) is 12.3. The van der Waals surface area contributed by atoms with E-state index in [0.717, 1.165) is 42.4 Å². The van der Waals surface area contributed by atoms with Crippen molar-refractivity contribution in [2.45, 2.75) is 63.8 Å². The van der Waals surface area contributed by atoms with E-state index in [1.165, 1.54) is 18.9 Å². The monoisotopic (exact) mass is 600 g/mol. The Bertz CT molecular complexity index is 1140. The Morgan fingerprint density at radius 2 is 1.90 bits per heavy atom. The molecule has 2 rings (SSSR count). The van der Waals surface area contributed by atoms with E-state index in [0.29, 0.717) is 29.2 Å². The molecule has 1 unspecified atom stereocenters. The van der Waals surface area contributed by atoms with E-state index in [4.69, 9.17) is 21.1 Å². The molecule has 2 atom stereocenters. The predicted octanol–water partition coefficient (Wildman–Crippen LogP) is 6.17. The first kappa shape index (κ1) is 34.2. The molecule has 1 aliphatic heterocycles. The fraction of sp³-hybridized carbons (Fsp3) is 0.533. The second-order valence-corrected chi connectivity index (χ2v) is 10.9. The van der Waals surface area contributed by atoms with Gasteiger partial charge in [0.05, 0.1) is 29.6 Å². The van der Waals surface area contributed by atoms with Crippen molar-refractivity contribution >= 4 is 23.4 Å². The van der Waals surface area contributed by atoms with Gasteiger partial charge in [0, 0.05) is 32.8 Å². The summed E-state index contributed by atoms with van der Waals surface area (Å²) in [4.78, 5) is 27.8. The number of piperidine rings is 1. The number of hydrogen-bond donors (Lipinski definition) is 1. The first-order chi connectivity index (χ1) is 19.1. The molecule has 1 N–H and O–H groups in total. The van der Waals surface area contributed by atoms with Crippen molar-refractivity contribution in [3.63, 3.8) is 0 Å². The predicted molar refractivity (Wildman–Crippen MR) is 153 cm³/mol. The van der Waals surface area contributed by atoms with Gasteiger partial charge < -0.3 is 24.4 Å². The van der Waals surface area contributed by atoms with Crippen LogP contribution in [0, 0.1) is 5.92 Å². The number of hydrogen-bond acceptors (Lipinski definition) is 5. The van der Waals surface area contributed by atoms with E-state index in [1.54, 1.807) is 32.3 Å². The summed E-state index contributed by atoms with van der Waals surface area (Å²) in [5.41, 5.74) is -3.98. The van der Waals surface area contributed by atoms with E-state index in [1.807, 2.05) is 6.92 Å². The van der Waals surface area contributed by atoms with Crippen molar-refractivity contribution in [3.05, 3.63) is 64.9 Å². The summed E-state index contributed by atoms with van der Waals surface area (Å²) in [6.07, 6.45) is 1.13. The fourth-order valence-corrected chi connectivity index (χ4v) is 4.96. The Morgan fingerprint density at radius 1 is 1.27 bits per heavy atom. The molecule has 1 aromatic rings. The molecule has 0 aliphatic carbocycles. The van der Waals surface area contributed by atoms with Crippen molar-refractivity contribution in [2.75, 3.05) is 34.3 Å². The number of allylic oxidation sites excluding steroid dienone is 3. The zero-order valence-corrected chi connectivity index (χ0v) is 25.0. The smallest absolute Gasteiger partial charge is 0.430 e. The van der Waals surface area contributed by atoms with Gasteiger partial charge in [0.1, 0.15) is 5.75 Å². The lowest BCUT2D eigenvalue weighted by molar-refractivity contribution is -0.242. The molecule has 11 heteroatoms. The highest BCUT2D eigenvalue weighted by Crippen LogP contribution is 2.40. The second-order valence-electron chi connectivity index (χ2n) is 10.5. The van der Waals surface area contributed by atoms with Crippen LogP contribution in [0.25, 0.3) is 0 Å². The minimum Gasteiger partial charge on any atom is -0.501 e. The van der Waals surface area contributed by atoms with Gasteiger partial charge in [-0.15, -0.1) is 0 Å². The Morgan fingerprint density at radius 3 is 2.41 bits per heavy atom. The molecule has 0 radical (unpaired) electrons. The van der Waals surface area contributed by atoms with Gasteiger partial charge in [0.15, 0.2) is 0 Å². The van der Waals surface area contributed by atoms with Crippen LogP contribution in [-0.2, 0) is 9.53 Å². The number of benzene rings is 1. The van der Waals surface area contributed by atoms with Crippen LogP contribution in [0.4, 0.5) is 13.2 Å². The van der Waals surface area contributed by atoms with Crippen LogP contribution < -0.4 is 4.74 Å². The number of amides is 2. The molecule has 41 heavy (non-hydrogen) atoms. The standard InChI is InChI=1S/C30H40ClF3N2O5/c1-7-9-23(18-21(3)40-6)29(39,30(32,33)34)28(38)36-16-14-22(15-17-36)11-8-10-20(2)41-24-12-13-25(26(31)19-24)27(37)35(4)5/h7,9,12-13,18-20,22,39H,1,8,10-11,14-17H2,2-6H3/b21-18+,23-9+/t20-,29?/m1/s1. The second kappa shape index (κ2) is 14.8. The van der Waals surface area contributed by atoms with Gasteiger partial charge in [-0.2, -0.15) is 13.2 Å². The molecular weight excluding hydrogens is 561 g/mol. The Balaban J connectivity index is 1.94. The molecule has 1 aromatic carbocycles. The number of halogens is 4. The highest BCUT2D eigenvalue weighted by molar-refractivity contribution is 6.34. The van der Waals surface area contributed by atoms with Crippen LogP contribution >= 0.6 is 11.6 Å². The molecule has 0 aromatic heterocycles. The summed E-state index contributed by atoms with van der Waals surface area (Å²) in [6.45, 7) is 6.99. The largest absolute Gasteiger partial charge is 0.501 e. The molecular formula is C30H40ClF3N2O5. The number of rotatable bonds is 12. The number of carbonyl (C=O) groups excluding carboxylic acids is 2. The molecule has 1 aliphatic rings. The van der Waals surface area contributed by atoms with E-state index in [9.17, 15) is 27.9 Å². The first-order valence-electron chi connectivity index (χ1n) is 13.5. The summed E-state index contributed by atoms with van der Waals surface area (Å²) >= 11 is 6.26. The molecule has 0 spiro atoms. The third-order valence-corrected chi connectivity index (χ3v) is 7.47. The van der Waals surface area contributed by atoms with Gasteiger partial charge in [-0.25, -0.2) is 0 Å². The summed E-state index contributed by atoms with van der Waals surface area (Å²) in [5.74, 6) is -0.713. The lowest BCUT2D eigenvalue weighted by Crippen LogP contribution is -2.60. The average Bonchev–Trinajstić information content (AvgIpc) is 2.91. The third kappa shape index (κ3) is 8.75. The van der Waals surface area contributed by atoms with Gasteiger partial charge in [0.25, 0.3) is 17.4 Å². The summed E-state index contributed by atoms with van der Waals surface area (Å²) < 4.78 is 53.3. The zero-order chi connectivity index (χ0) is 31.0. The van der Waals surface area contributed by atoms with Crippen molar-refractivity contribution in [1.82, 2.24) is 9.80 Å². The van der Waals surface area contributed by atoms with Crippen LogP contribution in [0.1, 0.15) is 56.3 Å². The highest BCUT2D eigenvalue weighted by atomic mass is 35.5. The van der Waals surface area contributed by atoms with Crippen molar-refractivity contribution < 1.29 is 37.3 Å². The van der Waals surface area contributed by atoms with Crippen LogP contribution in [0.3, 0.4) is 0 Å².